The lowest BCUT2D eigenvalue weighted by Gasteiger charge is -2.43. The van der Waals surface area contributed by atoms with E-state index in [4.69, 9.17) is 22.7 Å². The van der Waals surface area contributed by atoms with Crippen molar-refractivity contribution in [1.82, 2.24) is 4.90 Å². The van der Waals surface area contributed by atoms with E-state index in [-0.39, 0.29) is 24.2 Å². The maximum Gasteiger partial charge on any atom is 0.0940 e. The number of aliphatic hydroxyl groups is 1. The Morgan fingerprint density at radius 1 is 1.48 bits per heavy atom. The van der Waals surface area contributed by atoms with Crippen molar-refractivity contribution >= 4 is 17.2 Å². The SMILES string of the molecule is CC1(C)CN(CC(C(N)=S)c2ccccc2)CC(CO)O1. The van der Waals surface area contributed by atoms with Crippen LogP contribution in [-0.4, -0.2) is 52.9 Å². The third-order valence-corrected chi connectivity index (χ3v) is 4.03. The first kappa shape index (κ1) is 16.4. The van der Waals surface area contributed by atoms with E-state index in [1.807, 2.05) is 32.0 Å². The second kappa shape index (κ2) is 6.83. The van der Waals surface area contributed by atoms with Crippen molar-refractivity contribution in [3.8, 4) is 0 Å². The van der Waals surface area contributed by atoms with Gasteiger partial charge in [0.2, 0.25) is 0 Å². The van der Waals surface area contributed by atoms with Crippen LogP contribution in [0.1, 0.15) is 25.3 Å². The monoisotopic (exact) mass is 308 g/mol. The zero-order valence-electron chi connectivity index (χ0n) is 12.7. The van der Waals surface area contributed by atoms with Gasteiger partial charge in [0.25, 0.3) is 0 Å². The molecule has 21 heavy (non-hydrogen) atoms. The molecule has 2 rings (SSSR count). The first-order chi connectivity index (χ1) is 9.91. The van der Waals surface area contributed by atoms with Crippen molar-refractivity contribution in [2.45, 2.75) is 31.5 Å². The van der Waals surface area contributed by atoms with E-state index in [1.165, 1.54) is 0 Å². The molecule has 1 aromatic carbocycles. The quantitative estimate of drug-likeness (QED) is 0.808. The van der Waals surface area contributed by atoms with Gasteiger partial charge in [0.05, 0.1) is 23.3 Å². The summed E-state index contributed by atoms with van der Waals surface area (Å²) < 4.78 is 5.85. The van der Waals surface area contributed by atoms with E-state index in [2.05, 4.69) is 17.0 Å². The topological polar surface area (TPSA) is 58.7 Å². The minimum atomic E-state index is -0.275. The van der Waals surface area contributed by atoms with Gasteiger partial charge in [-0.3, -0.25) is 4.90 Å². The second-order valence-electron chi connectivity index (χ2n) is 6.24. The highest BCUT2D eigenvalue weighted by molar-refractivity contribution is 7.80. The number of nitrogens with two attached hydrogens (primary N) is 1. The molecule has 0 bridgehead atoms. The van der Waals surface area contributed by atoms with Crippen LogP contribution in [0.25, 0.3) is 0 Å². The van der Waals surface area contributed by atoms with Gasteiger partial charge >= 0.3 is 0 Å². The zero-order valence-corrected chi connectivity index (χ0v) is 13.5. The van der Waals surface area contributed by atoms with Crippen molar-refractivity contribution in [2.75, 3.05) is 26.2 Å². The standard InChI is InChI=1S/C16H24N2O2S/c1-16(2)11-18(8-13(10-19)20-16)9-14(15(17)21)12-6-4-3-5-7-12/h3-7,13-14,19H,8-11H2,1-2H3,(H2,17,21). The van der Waals surface area contributed by atoms with E-state index in [0.717, 1.165) is 18.7 Å². The van der Waals surface area contributed by atoms with Crippen LogP contribution in [0.2, 0.25) is 0 Å². The molecule has 5 heteroatoms. The molecule has 0 saturated carbocycles. The maximum atomic E-state index is 9.40. The lowest BCUT2D eigenvalue weighted by molar-refractivity contribution is -0.148. The van der Waals surface area contributed by atoms with Gasteiger partial charge in [0, 0.05) is 25.6 Å². The van der Waals surface area contributed by atoms with Crippen LogP contribution in [0.4, 0.5) is 0 Å². The molecule has 1 fully saturated rings. The summed E-state index contributed by atoms with van der Waals surface area (Å²) in [6, 6.07) is 10.1. The Labute approximate surface area is 131 Å². The predicted octanol–water partition coefficient (Wildman–Crippen LogP) is 1.53. The molecule has 1 heterocycles. The Balaban J connectivity index is 2.12. The summed E-state index contributed by atoms with van der Waals surface area (Å²) in [5.41, 5.74) is 6.80. The minimum absolute atomic E-state index is 0.0226. The van der Waals surface area contributed by atoms with E-state index in [9.17, 15) is 5.11 Å². The van der Waals surface area contributed by atoms with Crippen LogP contribution in [0.5, 0.6) is 0 Å². The van der Waals surface area contributed by atoms with Gasteiger partial charge < -0.3 is 15.6 Å². The molecule has 0 spiro atoms. The Hall–Kier alpha value is -1.01. The molecule has 2 atom stereocenters. The normalized spacial score (nSPS) is 23.7. The van der Waals surface area contributed by atoms with Crippen LogP contribution in [-0.2, 0) is 4.74 Å². The van der Waals surface area contributed by atoms with Gasteiger partial charge in [-0.05, 0) is 19.4 Å². The summed E-state index contributed by atoms with van der Waals surface area (Å²) in [7, 11) is 0. The number of morpholine rings is 1. The van der Waals surface area contributed by atoms with E-state index in [0.29, 0.717) is 11.5 Å². The molecule has 4 nitrogen and oxygen atoms in total. The molecule has 0 radical (unpaired) electrons. The predicted molar refractivity (Wildman–Crippen MR) is 88.4 cm³/mol. The highest BCUT2D eigenvalue weighted by atomic mass is 32.1. The highest BCUT2D eigenvalue weighted by Gasteiger charge is 2.34. The van der Waals surface area contributed by atoms with Crippen LogP contribution in [0, 0.1) is 0 Å². The molecule has 0 aromatic heterocycles. The maximum absolute atomic E-state index is 9.40. The van der Waals surface area contributed by atoms with Crippen LogP contribution in [0.15, 0.2) is 30.3 Å². The Morgan fingerprint density at radius 3 is 2.71 bits per heavy atom. The molecule has 1 aromatic rings. The zero-order chi connectivity index (χ0) is 15.5. The fourth-order valence-corrected chi connectivity index (χ4v) is 3.16. The number of ether oxygens (including phenoxy) is 1. The number of benzene rings is 1. The van der Waals surface area contributed by atoms with Gasteiger partial charge in [-0.1, -0.05) is 42.5 Å². The van der Waals surface area contributed by atoms with Crippen LogP contribution in [0.3, 0.4) is 0 Å². The van der Waals surface area contributed by atoms with Gasteiger partial charge in [0.15, 0.2) is 0 Å². The average Bonchev–Trinajstić information content (AvgIpc) is 2.43. The summed E-state index contributed by atoms with van der Waals surface area (Å²) in [4.78, 5) is 2.78. The van der Waals surface area contributed by atoms with Gasteiger partial charge in [-0.15, -0.1) is 0 Å². The number of thiocarbonyl (C=S) groups is 1. The Kier molecular flexibility index (Phi) is 5.32. The number of hydrogen-bond acceptors (Lipinski definition) is 4. The third-order valence-electron chi connectivity index (χ3n) is 3.74. The second-order valence-corrected chi connectivity index (χ2v) is 6.71. The largest absolute Gasteiger partial charge is 0.394 e. The Bertz CT molecular complexity index is 478. The van der Waals surface area contributed by atoms with Crippen LogP contribution < -0.4 is 5.73 Å². The van der Waals surface area contributed by atoms with Crippen molar-refractivity contribution in [2.24, 2.45) is 5.73 Å². The molecule has 2 unspecified atom stereocenters. The summed E-state index contributed by atoms with van der Waals surface area (Å²) in [6.45, 7) is 6.37. The summed E-state index contributed by atoms with van der Waals surface area (Å²) >= 11 is 5.25. The van der Waals surface area contributed by atoms with Crippen molar-refractivity contribution in [3.05, 3.63) is 35.9 Å². The molecular weight excluding hydrogens is 284 g/mol. The fourth-order valence-electron chi connectivity index (χ4n) is 2.95. The van der Waals surface area contributed by atoms with E-state index < -0.39 is 0 Å². The molecule has 1 aliphatic rings. The number of rotatable bonds is 5. The Morgan fingerprint density at radius 2 is 2.14 bits per heavy atom. The summed E-state index contributed by atoms with van der Waals surface area (Å²) in [5.74, 6) is 0.0226. The van der Waals surface area contributed by atoms with Gasteiger partial charge in [-0.25, -0.2) is 0 Å². The first-order valence-electron chi connectivity index (χ1n) is 7.26. The van der Waals surface area contributed by atoms with Crippen molar-refractivity contribution < 1.29 is 9.84 Å². The lowest BCUT2D eigenvalue weighted by atomic mass is 9.96. The third kappa shape index (κ3) is 4.48. The minimum Gasteiger partial charge on any atom is -0.394 e. The van der Waals surface area contributed by atoms with E-state index >= 15 is 0 Å². The molecular formula is C16H24N2O2S. The highest BCUT2D eigenvalue weighted by Crippen LogP contribution is 2.24. The summed E-state index contributed by atoms with van der Waals surface area (Å²) in [6.07, 6.45) is -0.156. The first-order valence-corrected chi connectivity index (χ1v) is 7.67. The van der Waals surface area contributed by atoms with E-state index in [1.54, 1.807) is 0 Å². The summed E-state index contributed by atoms with van der Waals surface area (Å²) in [5, 5.41) is 9.40. The average molecular weight is 308 g/mol. The van der Waals surface area contributed by atoms with Gasteiger partial charge in [0.1, 0.15) is 0 Å². The molecule has 116 valence electrons. The molecule has 1 aliphatic heterocycles. The molecule has 1 saturated heterocycles. The number of nitrogens with zero attached hydrogens (tertiary/aromatic N) is 1. The van der Waals surface area contributed by atoms with Crippen molar-refractivity contribution in [1.29, 1.82) is 0 Å². The number of hydrogen-bond donors (Lipinski definition) is 2. The lowest BCUT2D eigenvalue weighted by Crippen LogP contribution is -2.55. The van der Waals surface area contributed by atoms with Crippen molar-refractivity contribution in [3.63, 3.8) is 0 Å². The molecule has 0 aliphatic carbocycles. The number of aliphatic hydroxyl groups excluding tert-OH is 1. The fraction of sp³-hybridized carbons (Fsp3) is 0.562. The molecule has 0 amide bonds. The van der Waals surface area contributed by atoms with Gasteiger partial charge in [-0.2, -0.15) is 0 Å². The smallest absolute Gasteiger partial charge is 0.0940 e. The van der Waals surface area contributed by atoms with Crippen LogP contribution >= 0.6 is 12.2 Å². The molecule has 3 N–H and O–H groups in total.